The summed E-state index contributed by atoms with van der Waals surface area (Å²) >= 11 is 0. The molecule has 0 saturated carbocycles. The lowest BCUT2D eigenvalue weighted by atomic mass is 10.1. The molecule has 1 aromatic rings. The zero-order valence-electron chi connectivity index (χ0n) is 13.0. The summed E-state index contributed by atoms with van der Waals surface area (Å²) in [5.41, 5.74) is 9.66. The molecule has 5 heteroatoms. The Morgan fingerprint density at radius 3 is 2.74 bits per heavy atom. The molecule has 0 spiro atoms. The highest BCUT2D eigenvalue weighted by atomic mass is 16.1. The summed E-state index contributed by atoms with van der Waals surface area (Å²) in [6.45, 7) is 4.61. The van der Waals surface area contributed by atoms with Crippen LogP contribution in [0.5, 0.6) is 0 Å². The van der Waals surface area contributed by atoms with Gasteiger partial charge in [-0.05, 0) is 38.1 Å². The lowest BCUT2D eigenvalue weighted by Crippen LogP contribution is -2.15. The molecule has 2 aliphatic rings. The molecule has 1 heterocycles. The van der Waals surface area contributed by atoms with Gasteiger partial charge in [0.25, 0.3) is 5.91 Å². The number of amides is 1. The van der Waals surface area contributed by atoms with Crippen molar-refractivity contribution in [3.05, 3.63) is 63.8 Å². The van der Waals surface area contributed by atoms with E-state index in [4.69, 9.17) is 5.73 Å². The van der Waals surface area contributed by atoms with Crippen molar-refractivity contribution in [3.63, 3.8) is 0 Å². The number of para-hydroxylation sites is 1. The first-order valence-corrected chi connectivity index (χ1v) is 7.34. The number of allylic oxidation sites excluding steroid dienone is 2. The SMILES string of the molecule is CC(C)=CCn1c2cc(=O)ccc-2nc2c(C(N)=O)cccc21. The third kappa shape index (κ3) is 2.73. The average Bonchev–Trinajstić information content (AvgIpc) is 2.50. The number of carbonyl (C=O) groups is 1. The average molecular weight is 307 g/mol. The van der Waals surface area contributed by atoms with Gasteiger partial charge in [-0.2, -0.15) is 0 Å². The predicted octanol–water partition coefficient (Wildman–Crippen LogP) is 2.57. The molecule has 5 nitrogen and oxygen atoms in total. The van der Waals surface area contributed by atoms with Gasteiger partial charge in [0.2, 0.25) is 0 Å². The van der Waals surface area contributed by atoms with Crippen LogP contribution < -0.4 is 11.2 Å². The molecule has 1 aliphatic heterocycles. The molecule has 1 aromatic carbocycles. The van der Waals surface area contributed by atoms with Gasteiger partial charge in [-0.25, -0.2) is 4.98 Å². The van der Waals surface area contributed by atoms with Gasteiger partial charge in [0.1, 0.15) is 5.52 Å². The van der Waals surface area contributed by atoms with Crippen molar-refractivity contribution < 1.29 is 4.79 Å². The first-order chi connectivity index (χ1) is 11.0. The molecule has 0 unspecified atom stereocenters. The minimum atomic E-state index is -0.517. The molecule has 0 saturated heterocycles. The molecule has 1 aliphatic carbocycles. The van der Waals surface area contributed by atoms with Crippen LogP contribution in [0.4, 0.5) is 0 Å². The highest BCUT2D eigenvalue weighted by molar-refractivity contribution is 6.04. The molecule has 0 atom stereocenters. The minimum Gasteiger partial charge on any atom is -0.366 e. The van der Waals surface area contributed by atoms with Gasteiger partial charge in [0.05, 0.1) is 22.5 Å². The Balaban J connectivity index is 2.45. The summed E-state index contributed by atoms with van der Waals surface area (Å²) < 4.78 is 1.98. The van der Waals surface area contributed by atoms with Crippen LogP contribution in [-0.2, 0) is 6.54 Å². The molecule has 0 bridgehead atoms. The molecular weight excluding hydrogens is 290 g/mol. The predicted molar refractivity (Wildman–Crippen MR) is 90.6 cm³/mol. The van der Waals surface area contributed by atoms with Gasteiger partial charge in [-0.1, -0.05) is 17.7 Å². The molecule has 0 radical (unpaired) electrons. The minimum absolute atomic E-state index is 0.0735. The topological polar surface area (TPSA) is 78.0 Å². The zero-order valence-corrected chi connectivity index (χ0v) is 13.0. The van der Waals surface area contributed by atoms with Crippen LogP contribution in [0.25, 0.3) is 22.4 Å². The van der Waals surface area contributed by atoms with Gasteiger partial charge in [-0.3, -0.25) is 9.59 Å². The second kappa shape index (κ2) is 5.68. The molecular formula is C18H17N3O2. The monoisotopic (exact) mass is 307 g/mol. The molecule has 116 valence electrons. The third-order valence-corrected chi connectivity index (χ3v) is 3.72. The number of primary amides is 1. The summed E-state index contributed by atoms with van der Waals surface area (Å²) in [4.78, 5) is 28.0. The highest BCUT2D eigenvalue weighted by Gasteiger charge is 2.16. The summed E-state index contributed by atoms with van der Waals surface area (Å²) in [6.07, 6.45) is 2.06. The Kier molecular flexibility index (Phi) is 3.70. The molecule has 2 N–H and O–H groups in total. The second-order valence-electron chi connectivity index (χ2n) is 5.69. The standard InChI is InChI=1S/C18H17N3O2/c1-11(2)8-9-21-15-5-3-4-13(18(19)23)17(15)20-14-7-6-12(22)10-16(14)21/h3-8,10H,9H2,1-2H3,(H2,19,23). The largest absolute Gasteiger partial charge is 0.366 e. The summed E-state index contributed by atoms with van der Waals surface area (Å²) in [7, 11) is 0. The summed E-state index contributed by atoms with van der Waals surface area (Å²) in [5.74, 6) is -0.517. The quantitative estimate of drug-likeness (QED) is 0.596. The van der Waals surface area contributed by atoms with Crippen LogP contribution in [0.15, 0.2) is 52.8 Å². The molecule has 0 fully saturated rings. The van der Waals surface area contributed by atoms with Gasteiger partial charge in [0, 0.05) is 12.6 Å². The fourth-order valence-electron chi connectivity index (χ4n) is 2.60. The Morgan fingerprint density at radius 2 is 2.04 bits per heavy atom. The van der Waals surface area contributed by atoms with Crippen molar-refractivity contribution in [1.29, 1.82) is 0 Å². The highest BCUT2D eigenvalue weighted by Crippen LogP contribution is 2.26. The van der Waals surface area contributed by atoms with E-state index in [0.29, 0.717) is 23.3 Å². The number of benzene rings is 2. The van der Waals surface area contributed by atoms with Crippen molar-refractivity contribution in [2.24, 2.45) is 5.73 Å². The normalized spacial score (nSPS) is 10.9. The lowest BCUT2D eigenvalue weighted by Gasteiger charge is -2.18. The maximum Gasteiger partial charge on any atom is 0.250 e. The van der Waals surface area contributed by atoms with Gasteiger partial charge in [0.15, 0.2) is 5.43 Å². The summed E-state index contributed by atoms with van der Waals surface area (Å²) in [5, 5.41) is 0. The zero-order chi connectivity index (χ0) is 16.6. The van der Waals surface area contributed by atoms with E-state index in [2.05, 4.69) is 11.1 Å². The van der Waals surface area contributed by atoms with E-state index < -0.39 is 5.91 Å². The van der Waals surface area contributed by atoms with E-state index in [0.717, 1.165) is 11.2 Å². The number of hydrogen-bond donors (Lipinski definition) is 1. The maximum atomic E-state index is 11.8. The van der Waals surface area contributed by atoms with Crippen molar-refractivity contribution in [2.45, 2.75) is 20.4 Å². The van der Waals surface area contributed by atoms with Crippen molar-refractivity contribution >= 4 is 16.9 Å². The number of fused-ring (bicyclic) bond motifs is 2. The van der Waals surface area contributed by atoms with Crippen LogP contribution in [0.1, 0.15) is 24.2 Å². The lowest BCUT2D eigenvalue weighted by molar-refractivity contribution is 0.100. The molecule has 3 rings (SSSR count). The number of carbonyl (C=O) groups excluding carboxylic acids is 1. The Labute approximate surface area is 133 Å². The fourth-order valence-corrected chi connectivity index (χ4v) is 2.60. The van der Waals surface area contributed by atoms with E-state index in [1.54, 1.807) is 24.3 Å². The van der Waals surface area contributed by atoms with Crippen molar-refractivity contribution in [2.75, 3.05) is 0 Å². The Bertz CT molecular complexity index is 966. The fraction of sp³-hybridized carbons (Fsp3) is 0.167. The van der Waals surface area contributed by atoms with E-state index in [-0.39, 0.29) is 5.43 Å². The van der Waals surface area contributed by atoms with E-state index in [1.807, 2.05) is 24.5 Å². The third-order valence-electron chi connectivity index (χ3n) is 3.72. The summed E-state index contributed by atoms with van der Waals surface area (Å²) in [6, 6.07) is 10.0. The second-order valence-corrected chi connectivity index (χ2v) is 5.69. The van der Waals surface area contributed by atoms with E-state index in [1.165, 1.54) is 11.6 Å². The number of nitrogens with two attached hydrogens (primary N) is 1. The van der Waals surface area contributed by atoms with Gasteiger partial charge in [-0.15, -0.1) is 0 Å². The van der Waals surface area contributed by atoms with E-state index in [9.17, 15) is 9.59 Å². The molecule has 0 aromatic heterocycles. The molecule has 23 heavy (non-hydrogen) atoms. The first-order valence-electron chi connectivity index (χ1n) is 7.34. The first kappa shape index (κ1) is 15.0. The Hall–Kier alpha value is -2.95. The van der Waals surface area contributed by atoms with Crippen LogP contribution in [0.3, 0.4) is 0 Å². The van der Waals surface area contributed by atoms with Crippen molar-refractivity contribution in [3.8, 4) is 11.4 Å². The number of nitrogens with zero attached hydrogens (tertiary/aromatic N) is 2. The number of rotatable bonds is 3. The number of aromatic nitrogens is 2. The van der Waals surface area contributed by atoms with Crippen LogP contribution in [0, 0.1) is 0 Å². The van der Waals surface area contributed by atoms with Gasteiger partial charge >= 0.3 is 0 Å². The number of hydrogen-bond acceptors (Lipinski definition) is 3. The van der Waals surface area contributed by atoms with Crippen LogP contribution in [-0.4, -0.2) is 15.5 Å². The molecule has 1 amide bonds. The van der Waals surface area contributed by atoms with Crippen LogP contribution in [0.2, 0.25) is 0 Å². The smallest absolute Gasteiger partial charge is 0.250 e. The van der Waals surface area contributed by atoms with Crippen molar-refractivity contribution in [1.82, 2.24) is 9.55 Å². The Morgan fingerprint density at radius 1 is 1.26 bits per heavy atom. The van der Waals surface area contributed by atoms with Gasteiger partial charge < -0.3 is 10.3 Å². The van der Waals surface area contributed by atoms with E-state index >= 15 is 0 Å². The maximum absolute atomic E-state index is 11.8. The van der Waals surface area contributed by atoms with Crippen LogP contribution >= 0.6 is 0 Å².